The smallest absolute Gasteiger partial charge is 0.340 e. The van der Waals surface area contributed by atoms with Crippen LogP contribution in [0.5, 0.6) is 0 Å². The van der Waals surface area contributed by atoms with Gasteiger partial charge in [0.05, 0.1) is 31.1 Å². The Bertz CT molecular complexity index is 549. The zero-order chi connectivity index (χ0) is 13.0. The normalized spacial score (nSPS) is 10.1. The van der Waals surface area contributed by atoms with Gasteiger partial charge in [-0.25, -0.2) is 4.79 Å². The summed E-state index contributed by atoms with van der Waals surface area (Å²) in [6.45, 7) is 2.37. The number of furan rings is 1. The van der Waals surface area contributed by atoms with Gasteiger partial charge in [0.1, 0.15) is 11.5 Å². The SMILES string of the molecule is COC(=O)c1ccncc1NCc1ccc(C)o1. The minimum Gasteiger partial charge on any atom is -0.465 e. The number of carbonyl (C=O) groups is 1. The quantitative estimate of drug-likeness (QED) is 0.839. The molecular formula is C13H14N2O3. The lowest BCUT2D eigenvalue weighted by molar-refractivity contribution is 0.0601. The van der Waals surface area contributed by atoms with Crippen molar-refractivity contribution in [3.8, 4) is 0 Å². The van der Waals surface area contributed by atoms with Crippen LogP contribution < -0.4 is 5.32 Å². The molecule has 0 aromatic carbocycles. The van der Waals surface area contributed by atoms with E-state index in [0.717, 1.165) is 11.5 Å². The second-order valence-corrected chi connectivity index (χ2v) is 3.78. The summed E-state index contributed by atoms with van der Waals surface area (Å²) in [7, 11) is 1.35. The van der Waals surface area contributed by atoms with E-state index in [1.54, 1.807) is 18.5 Å². The molecule has 0 aliphatic carbocycles. The van der Waals surface area contributed by atoms with Crippen LogP contribution in [0.4, 0.5) is 5.69 Å². The number of aromatic nitrogens is 1. The maximum Gasteiger partial charge on any atom is 0.340 e. The summed E-state index contributed by atoms with van der Waals surface area (Å²) in [5.74, 6) is 1.26. The molecule has 5 nitrogen and oxygen atoms in total. The first-order valence-electron chi connectivity index (χ1n) is 5.52. The monoisotopic (exact) mass is 246 g/mol. The topological polar surface area (TPSA) is 64.4 Å². The predicted octanol–water partition coefficient (Wildman–Crippen LogP) is 2.38. The van der Waals surface area contributed by atoms with Gasteiger partial charge in [0.15, 0.2) is 0 Å². The van der Waals surface area contributed by atoms with Crippen molar-refractivity contribution in [1.82, 2.24) is 4.98 Å². The number of methoxy groups -OCH3 is 1. The lowest BCUT2D eigenvalue weighted by Gasteiger charge is -2.08. The maximum absolute atomic E-state index is 11.5. The molecule has 0 amide bonds. The number of carbonyl (C=O) groups excluding carboxylic acids is 1. The fourth-order valence-electron chi connectivity index (χ4n) is 1.59. The van der Waals surface area contributed by atoms with Crippen LogP contribution in [0.25, 0.3) is 0 Å². The number of ether oxygens (including phenoxy) is 1. The van der Waals surface area contributed by atoms with Crippen molar-refractivity contribution in [2.75, 3.05) is 12.4 Å². The third-order valence-electron chi connectivity index (χ3n) is 2.48. The van der Waals surface area contributed by atoms with Gasteiger partial charge in [-0.3, -0.25) is 4.98 Å². The molecular weight excluding hydrogens is 232 g/mol. The van der Waals surface area contributed by atoms with Gasteiger partial charge in [0.25, 0.3) is 0 Å². The summed E-state index contributed by atoms with van der Waals surface area (Å²) in [4.78, 5) is 15.5. The molecule has 0 saturated heterocycles. The molecule has 2 heterocycles. The van der Waals surface area contributed by atoms with Gasteiger partial charge in [-0.15, -0.1) is 0 Å². The molecule has 0 aliphatic rings. The highest BCUT2D eigenvalue weighted by Gasteiger charge is 2.11. The molecule has 0 unspecified atom stereocenters. The number of nitrogens with one attached hydrogen (secondary N) is 1. The zero-order valence-corrected chi connectivity index (χ0v) is 10.3. The van der Waals surface area contributed by atoms with Crippen molar-refractivity contribution < 1.29 is 13.9 Å². The number of pyridine rings is 1. The van der Waals surface area contributed by atoms with Gasteiger partial charge in [-0.05, 0) is 25.1 Å². The largest absolute Gasteiger partial charge is 0.465 e. The highest BCUT2D eigenvalue weighted by molar-refractivity contribution is 5.95. The van der Waals surface area contributed by atoms with Gasteiger partial charge in [-0.1, -0.05) is 0 Å². The fourth-order valence-corrected chi connectivity index (χ4v) is 1.59. The number of hydrogen-bond donors (Lipinski definition) is 1. The lowest BCUT2D eigenvalue weighted by atomic mass is 10.2. The van der Waals surface area contributed by atoms with E-state index in [4.69, 9.17) is 9.15 Å². The molecule has 0 aliphatic heterocycles. The summed E-state index contributed by atoms with van der Waals surface area (Å²) in [6.07, 6.45) is 3.14. The zero-order valence-electron chi connectivity index (χ0n) is 10.3. The number of nitrogens with zero attached hydrogens (tertiary/aromatic N) is 1. The maximum atomic E-state index is 11.5. The minimum absolute atomic E-state index is 0.393. The van der Waals surface area contributed by atoms with Crippen LogP contribution >= 0.6 is 0 Å². The molecule has 0 atom stereocenters. The molecule has 94 valence electrons. The number of anilines is 1. The second kappa shape index (κ2) is 5.35. The van der Waals surface area contributed by atoms with Gasteiger partial charge in [0, 0.05) is 6.20 Å². The molecule has 5 heteroatoms. The summed E-state index contributed by atoms with van der Waals surface area (Å²) >= 11 is 0. The van der Waals surface area contributed by atoms with Crippen molar-refractivity contribution in [2.45, 2.75) is 13.5 Å². The van der Waals surface area contributed by atoms with E-state index in [1.165, 1.54) is 7.11 Å². The van der Waals surface area contributed by atoms with Crippen molar-refractivity contribution in [3.05, 3.63) is 47.7 Å². The van der Waals surface area contributed by atoms with Crippen LogP contribution in [0.3, 0.4) is 0 Å². The first-order valence-corrected chi connectivity index (χ1v) is 5.52. The third-order valence-corrected chi connectivity index (χ3v) is 2.48. The van der Waals surface area contributed by atoms with Crippen molar-refractivity contribution in [2.24, 2.45) is 0 Å². The summed E-state index contributed by atoms with van der Waals surface area (Å²) < 4.78 is 10.1. The average molecular weight is 246 g/mol. The van der Waals surface area contributed by atoms with Crippen LogP contribution in [0, 0.1) is 6.92 Å². The Morgan fingerprint density at radius 2 is 2.28 bits per heavy atom. The van der Waals surface area contributed by atoms with E-state index < -0.39 is 5.97 Å². The van der Waals surface area contributed by atoms with Crippen LogP contribution in [0.1, 0.15) is 21.9 Å². The van der Waals surface area contributed by atoms with Gasteiger partial charge < -0.3 is 14.5 Å². The molecule has 1 N–H and O–H groups in total. The average Bonchev–Trinajstić information content (AvgIpc) is 2.81. The minimum atomic E-state index is -0.393. The van der Waals surface area contributed by atoms with Crippen LogP contribution in [-0.2, 0) is 11.3 Å². The van der Waals surface area contributed by atoms with Crippen LogP contribution in [0.15, 0.2) is 35.0 Å². The molecule has 2 rings (SSSR count). The van der Waals surface area contributed by atoms with Crippen molar-refractivity contribution >= 4 is 11.7 Å². The second-order valence-electron chi connectivity index (χ2n) is 3.78. The summed E-state index contributed by atoms with van der Waals surface area (Å²) in [5, 5.41) is 3.10. The van der Waals surface area contributed by atoms with E-state index in [1.807, 2.05) is 19.1 Å². The third kappa shape index (κ3) is 2.68. The molecule has 18 heavy (non-hydrogen) atoms. The molecule has 0 radical (unpaired) electrons. The van der Waals surface area contributed by atoms with Crippen LogP contribution in [-0.4, -0.2) is 18.1 Å². The Balaban J connectivity index is 2.11. The first kappa shape index (κ1) is 12.2. The fraction of sp³-hybridized carbons (Fsp3) is 0.231. The molecule has 2 aromatic heterocycles. The Morgan fingerprint density at radius 3 is 2.94 bits per heavy atom. The van der Waals surface area contributed by atoms with Gasteiger partial charge in [-0.2, -0.15) is 0 Å². The number of rotatable bonds is 4. The highest BCUT2D eigenvalue weighted by atomic mass is 16.5. The Hall–Kier alpha value is -2.30. The Morgan fingerprint density at radius 1 is 1.44 bits per heavy atom. The molecule has 0 fully saturated rings. The van der Waals surface area contributed by atoms with E-state index in [9.17, 15) is 4.79 Å². The summed E-state index contributed by atoms with van der Waals surface area (Å²) in [5.41, 5.74) is 1.08. The van der Waals surface area contributed by atoms with Crippen molar-refractivity contribution in [3.63, 3.8) is 0 Å². The highest BCUT2D eigenvalue weighted by Crippen LogP contribution is 2.16. The van der Waals surface area contributed by atoms with Crippen LogP contribution in [0.2, 0.25) is 0 Å². The Labute approximate surface area is 105 Å². The van der Waals surface area contributed by atoms with E-state index in [0.29, 0.717) is 17.8 Å². The standard InChI is InChI=1S/C13H14N2O3/c1-9-3-4-10(18-9)7-15-12-8-14-6-5-11(12)13(16)17-2/h3-6,8,15H,7H2,1-2H3. The lowest BCUT2D eigenvalue weighted by Crippen LogP contribution is -2.08. The Kier molecular flexibility index (Phi) is 3.62. The number of aryl methyl sites for hydroxylation is 1. The van der Waals surface area contributed by atoms with Crippen molar-refractivity contribution in [1.29, 1.82) is 0 Å². The van der Waals surface area contributed by atoms with Gasteiger partial charge in [0.2, 0.25) is 0 Å². The number of esters is 1. The molecule has 0 saturated carbocycles. The number of hydrogen-bond acceptors (Lipinski definition) is 5. The molecule has 0 bridgehead atoms. The molecule has 0 spiro atoms. The van der Waals surface area contributed by atoms with Gasteiger partial charge >= 0.3 is 5.97 Å². The van der Waals surface area contributed by atoms with E-state index in [-0.39, 0.29) is 0 Å². The summed E-state index contributed by atoms with van der Waals surface area (Å²) in [6, 6.07) is 5.39. The van der Waals surface area contributed by atoms with E-state index >= 15 is 0 Å². The first-order chi connectivity index (χ1) is 8.70. The van der Waals surface area contributed by atoms with E-state index in [2.05, 4.69) is 10.3 Å². The predicted molar refractivity (Wildman–Crippen MR) is 66.3 cm³/mol. The molecule has 2 aromatic rings.